The smallest absolute Gasteiger partial charge is 0.213 e. The van der Waals surface area contributed by atoms with E-state index in [1.54, 1.807) is 0 Å². The third-order valence-corrected chi connectivity index (χ3v) is 4.23. The Morgan fingerprint density at radius 3 is 2.80 bits per heavy atom. The molecule has 0 saturated carbocycles. The standard InChI is InChI=1S/C16H19BrN2O/c17-14-5-6-15-13(12-14)4-7-16(18-15)20-11-10-19-8-2-1-3-9-19/h4-7,12H,1-3,8-11H2. The lowest BCUT2D eigenvalue weighted by Crippen LogP contribution is -2.33. The molecule has 0 unspecified atom stereocenters. The largest absolute Gasteiger partial charge is 0.476 e. The second kappa shape index (κ2) is 6.55. The minimum Gasteiger partial charge on any atom is -0.476 e. The van der Waals surface area contributed by atoms with E-state index >= 15 is 0 Å². The monoisotopic (exact) mass is 334 g/mol. The Morgan fingerprint density at radius 1 is 1.10 bits per heavy atom. The number of halogens is 1. The van der Waals surface area contributed by atoms with Crippen molar-refractivity contribution in [2.24, 2.45) is 0 Å². The van der Waals surface area contributed by atoms with Gasteiger partial charge < -0.3 is 4.74 Å². The van der Waals surface area contributed by atoms with Gasteiger partial charge in [-0.3, -0.25) is 4.90 Å². The number of likely N-dealkylation sites (tertiary alicyclic amines) is 1. The highest BCUT2D eigenvalue weighted by Crippen LogP contribution is 2.20. The van der Waals surface area contributed by atoms with Crippen LogP contribution in [0.3, 0.4) is 0 Å². The molecule has 2 aromatic rings. The first-order valence-corrected chi connectivity index (χ1v) is 8.02. The normalized spacial score (nSPS) is 16.4. The van der Waals surface area contributed by atoms with Crippen molar-refractivity contribution in [1.29, 1.82) is 0 Å². The average Bonchev–Trinajstić information content (AvgIpc) is 2.48. The van der Waals surface area contributed by atoms with Crippen molar-refractivity contribution in [2.75, 3.05) is 26.2 Å². The second-order valence-electron chi connectivity index (χ2n) is 5.24. The Bertz CT molecular complexity index is 582. The van der Waals surface area contributed by atoms with Crippen LogP contribution in [0.2, 0.25) is 0 Å². The van der Waals surface area contributed by atoms with Gasteiger partial charge in [0.2, 0.25) is 5.88 Å². The third-order valence-electron chi connectivity index (χ3n) is 3.73. The van der Waals surface area contributed by atoms with Gasteiger partial charge in [-0.25, -0.2) is 4.98 Å². The van der Waals surface area contributed by atoms with Crippen LogP contribution in [-0.2, 0) is 0 Å². The summed E-state index contributed by atoms with van der Waals surface area (Å²) in [7, 11) is 0. The molecule has 0 bridgehead atoms. The molecule has 0 radical (unpaired) electrons. The molecule has 0 spiro atoms. The summed E-state index contributed by atoms with van der Waals surface area (Å²) in [6.07, 6.45) is 4.02. The molecule has 1 aromatic heterocycles. The fraction of sp³-hybridized carbons (Fsp3) is 0.438. The Hall–Kier alpha value is -1.13. The summed E-state index contributed by atoms with van der Waals surface area (Å²) in [5.41, 5.74) is 0.976. The zero-order valence-electron chi connectivity index (χ0n) is 11.5. The van der Waals surface area contributed by atoms with Crippen molar-refractivity contribution < 1.29 is 4.74 Å². The van der Waals surface area contributed by atoms with Gasteiger partial charge >= 0.3 is 0 Å². The van der Waals surface area contributed by atoms with E-state index in [4.69, 9.17) is 4.74 Å². The first-order chi connectivity index (χ1) is 9.81. The van der Waals surface area contributed by atoms with Gasteiger partial charge in [-0.05, 0) is 50.2 Å². The maximum Gasteiger partial charge on any atom is 0.213 e. The molecule has 3 rings (SSSR count). The summed E-state index contributed by atoms with van der Waals surface area (Å²) in [4.78, 5) is 7.01. The number of fused-ring (bicyclic) bond motifs is 1. The van der Waals surface area contributed by atoms with E-state index in [1.165, 1.54) is 32.4 Å². The van der Waals surface area contributed by atoms with Crippen LogP contribution in [0.4, 0.5) is 0 Å². The lowest BCUT2D eigenvalue weighted by molar-refractivity contribution is 0.181. The molecule has 0 atom stereocenters. The summed E-state index contributed by atoms with van der Waals surface area (Å²) >= 11 is 3.47. The Labute approximate surface area is 128 Å². The number of hydrogen-bond acceptors (Lipinski definition) is 3. The summed E-state index contributed by atoms with van der Waals surface area (Å²) in [5.74, 6) is 0.719. The maximum atomic E-state index is 5.78. The number of rotatable bonds is 4. The molecule has 0 amide bonds. The first-order valence-electron chi connectivity index (χ1n) is 7.23. The number of nitrogens with zero attached hydrogens (tertiary/aromatic N) is 2. The molecular formula is C16H19BrN2O. The highest BCUT2D eigenvalue weighted by atomic mass is 79.9. The van der Waals surface area contributed by atoms with Gasteiger partial charge in [0.15, 0.2) is 0 Å². The fourth-order valence-corrected chi connectivity index (χ4v) is 3.00. The van der Waals surface area contributed by atoms with Crippen LogP contribution in [0, 0.1) is 0 Å². The Kier molecular flexibility index (Phi) is 4.53. The molecule has 1 aliphatic heterocycles. The van der Waals surface area contributed by atoms with Crippen LogP contribution in [0.5, 0.6) is 5.88 Å². The number of ether oxygens (including phenoxy) is 1. The minimum absolute atomic E-state index is 0.717. The molecule has 2 heterocycles. The molecule has 20 heavy (non-hydrogen) atoms. The molecule has 1 fully saturated rings. The van der Waals surface area contributed by atoms with Gasteiger partial charge in [0.25, 0.3) is 0 Å². The lowest BCUT2D eigenvalue weighted by Gasteiger charge is -2.26. The van der Waals surface area contributed by atoms with Crippen molar-refractivity contribution in [3.8, 4) is 5.88 Å². The fourth-order valence-electron chi connectivity index (χ4n) is 2.62. The first kappa shape index (κ1) is 13.8. The highest BCUT2D eigenvalue weighted by molar-refractivity contribution is 9.10. The van der Waals surface area contributed by atoms with Crippen LogP contribution in [0.25, 0.3) is 10.9 Å². The number of aromatic nitrogens is 1. The average molecular weight is 335 g/mol. The predicted molar refractivity (Wildman–Crippen MR) is 85.2 cm³/mol. The van der Waals surface area contributed by atoms with Gasteiger partial charge in [0, 0.05) is 22.5 Å². The zero-order chi connectivity index (χ0) is 13.8. The molecule has 0 N–H and O–H groups in total. The molecule has 4 heteroatoms. The number of pyridine rings is 1. The quantitative estimate of drug-likeness (QED) is 0.848. The number of benzene rings is 1. The van der Waals surface area contributed by atoms with Crippen LogP contribution in [0.1, 0.15) is 19.3 Å². The second-order valence-corrected chi connectivity index (χ2v) is 6.15. The summed E-state index contributed by atoms with van der Waals surface area (Å²) in [5, 5.41) is 1.13. The van der Waals surface area contributed by atoms with Crippen molar-refractivity contribution in [3.63, 3.8) is 0 Å². The van der Waals surface area contributed by atoms with Crippen molar-refractivity contribution in [3.05, 3.63) is 34.8 Å². The molecule has 1 aliphatic rings. The van der Waals surface area contributed by atoms with Crippen molar-refractivity contribution in [2.45, 2.75) is 19.3 Å². The minimum atomic E-state index is 0.717. The third kappa shape index (κ3) is 3.49. The highest BCUT2D eigenvalue weighted by Gasteiger charge is 2.09. The van der Waals surface area contributed by atoms with Crippen LogP contribution in [0.15, 0.2) is 34.8 Å². The topological polar surface area (TPSA) is 25.4 Å². The van der Waals surface area contributed by atoms with E-state index in [-0.39, 0.29) is 0 Å². The Morgan fingerprint density at radius 2 is 1.95 bits per heavy atom. The Balaban J connectivity index is 1.58. The van der Waals surface area contributed by atoms with E-state index in [0.29, 0.717) is 0 Å². The molecular weight excluding hydrogens is 316 g/mol. The predicted octanol–water partition coefficient (Wildman–Crippen LogP) is 3.86. The maximum absolute atomic E-state index is 5.78. The van der Waals surface area contributed by atoms with E-state index in [2.05, 4.69) is 37.9 Å². The van der Waals surface area contributed by atoms with Gasteiger partial charge in [-0.2, -0.15) is 0 Å². The lowest BCUT2D eigenvalue weighted by atomic mass is 10.1. The summed E-state index contributed by atoms with van der Waals surface area (Å²) in [6, 6.07) is 10.1. The molecule has 1 saturated heterocycles. The number of hydrogen-bond donors (Lipinski definition) is 0. The summed E-state index contributed by atoms with van der Waals surface area (Å²) in [6.45, 7) is 4.14. The van der Waals surface area contributed by atoms with E-state index < -0.39 is 0 Å². The van der Waals surface area contributed by atoms with Gasteiger partial charge in [-0.1, -0.05) is 22.4 Å². The molecule has 1 aromatic carbocycles. The van der Waals surface area contributed by atoms with E-state index in [0.717, 1.165) is 34.4 Å². The van der Waals surface area contributed by atoms with Crippen LogP contribution in [-0.4, -0.2) is 36.1 Å². The SMILES string of the molecule is Brc1ccc2nc(OCCN3CCCCC3)ccc2c1. The van der Waals surface area contributed by atoms with Crippen molar-refractivity contribution >= 4 is 26.8 Å². The van der Waals surface area contributed by atoms with Crippen molar-refractivity contribution in [1.82, 2.24) is 9.88 Å². The molecule has 0 aliphatic carbocycles. The van der Waals surface area contributed by atoms with Gasteiger partial charge in [0.05, 0.1) is 5.52 Å². The van der Waals surface area contributed by atoms with Gasteiger partial charge in [0.1, 0.15) is 6.61 Å². The number of piperidine rings is 1. The zero-order valence-corrected chi connectivity index (χ0v) is 13.1. The molecule has 3 nitrogen and oxygen atoms in total. The van der Waals surface area contributed by atoms with Crippen LogP contribution < -0.4 is 4.74 Å². The molecule has 106 valence electrons. The van der Waals surface area contributed by atoms with E-state index in [9.17, 15) is 0 Å². The van der Waals surface area contributed by atoms with Crippen LogP contribution >= 0.6 is 15.9 Å². The van der Waals surface area contributed by atoms with E-state index in [1.807, 2.05) is 18.2 Å². The van der Waals surface area contributed by atoms with Gasteiger partial charge in [-0.15, -0.1) is 0 Å². The summed E-state index contributed by atoms with van der Waals surface area (Å²) < 4.78 is 6.86.